The first-order valence-corrected chi connectivity index (χ1v) is 46.0. The number of nitriles is 1. The Labute approximate surface area is 799 Å². The van der Waals surface area contributed by atoms with Gasteiger partial charge in [0, 0.05) is 128 Å². The molecule has 0 N–H and O–H groups in total. The molecule has 5 aliphatic heterocycles. The smallest absolute Gasteiger partial charge is 0.272 e. The van der Waals surface area contributed by atoms with Gasteiger partial charge < -0.3 is 39.2 Å². The summed E-state index contributed by atoms with van der Waals surface area (Å²) in [6.45, 7) is 15.8. The lowest BCUT2D eigenvalue weighted by Crippen LogP contribution is -2.52. The van der Waals surface area contributed by atoms with Crippen LogP contribution in [0.5, 0.6) is 0 Å². The highest BCUT2D eigenvalue weighted by molar-refractivity contribution is 6.46. The van der Waals surface area contributed by atoms with E-state index in [0.29, 0.717) is 138 Å². The second-order valence-electron chi connectivity index (χ2n) is 32.9. The van der Waals surface area contributed by atoms with E-state index >= 15 is 0 Å². The van der Waals surface area contributed by atoms with Crippen molar-refractivity contribution in [1.82, 2.24) is 24.6 Å². The maximum Gasteiger partial charge on any atom is 0.272 e. The van der Waals surface area contributed by atoms with Crippen molar-refractivity contribution in [3.63, 3.8) is 0 Å². The highest BCUT2D eigenvalue weighted by atomic mass is 35.5. The summed E-state index contributed by atoms with van der Waals surface area (Å²) in [7, 11) is 0. The number of hydrogen-bond acceptors (Lipinski definition) is 11. The number of fused-ring (bicyclic) bond motifs is 1. The molecule has 4 amide bonds. The zero-order chi connectivity index (χ0) is 91.2. The van der Waals surface area contributed by atoms with Gasteiger partial charge in [0.1, 0.15) is 11.5 Å². The first-order chi connectivity index (χ1) is 62.9. The standard InChI is InChI=1S/C30H27Cl2N3O.2C26H23Cl2N3O.C24H21Cl2FN2O/c1-21-8-13-28(27(32)17-21)35-16-15-34(20-29(35)22-9-11-25(31)12-10-22)30(36)18-23-5-2-3-7-26(23)24-6-4-14-33-19-24;1-17-6-11-23(22(28)14-17)31-13-12-30(16-24(31)18-7-9-20(27)10-8-18)26(32)25-21-5-3-2-4-19(21)15-29-25;1-18-6-11-24(23(28)14-18)31-13-12-30(17-25(31)19-7-9-22(27)10-8-19)26(32)15-20-4-2-3-5-21(20)16-29;1-16-2-11-22(21(26)14-16)29-13-12-28(24(30)18-5-9-20(27)10-6-18)15-23(29)17-3-7-19(25)8-4-17/h2-14,17,19,29H,15-16,18,20H2,1H3;2-11,14,24H,12-13,15-16H2,1H3;2-11,14,25H,12-13,15,17H2,1H3;2-11,14,23H,12-13,15H2,1H3. The van der Waals surface area contributed by atoms with Crippen molar-refractivity contribution in [2.45, 2.75) is 71.2 Å². The van der Waals surface area contributed by atoms with E-state index in [4.69, 9.17) is 92.8 Å². The number of aliphatic imine (C=N–C) groups is 1. The Bertz CT molecular complexity index is 6310. The van der Waals surface area contributed by atoms with Crippen LogP contribution < -0.4 is 19.6 Å². The average molecular weight is 1890 g/mol. The van der Waals surface area contributed by atoms with Crippen molar-refractivity contribution in [1.29, 1.82) is 5.26 Å². The number of aryl methyl sites for hydroxylation is 4. The molecule has 12 aromatic carbocycles. The van der Waals surface area contributed by atoms with E-state index < -0.39 is 0 Å². The van der Waals surface area contributed by atoms with Crippen molar-refractivity contribution in [2.24, 2.45) is 4.99 Å². The van der Waals surface area contributed by atoms with Crippen LogP contribution in [0.3, 0.4) is 0 Å². The fourth-order valence-corrected chi connectivity index (χ4v) is 19.3. The minimum Gasteiger partial charge on any atom is -0.360 e. The summed E-state index contributed by atoms with van der Waals surface area (Å²) in [4.78, 5) is 78.7. The number of rotatable bonds is 15. The molecule has 4 atom stereocenters. The van der Waals surface area contributed by atoms with E-state index in [2.05, 4.69) is 66.0 Å². The Hall–Kier alpha value is -11.7. The minimum atomic E-state index is -0.357. The number of hydrogen-bond donors (Lipinski definition) is 0. The molecule has 0 bridgehead atoms. The molecule has 0 radical (unpaired) electrons. The zero-order valence-corrected chi connectivity index (χ0v) is 78.1. The van der Waals surface area contributed by atoms with Crippen molar-refractivity contribution in [3.05, 3.63) is 415 Å². The van der Waals surface area contributed by atoms with Crippen LogP contribution in [0, 0.1) is 44.8 Å². The van der Waals surface area contributed by atoms with Gasteiger partial charge in [-0.05, 0) is 228 Å². The van der Waals surface area contributed by atoms with Crippen LogP contribution in [0.4, 0.5) is 27.1 Å². The van der Waals surface area contributed by atoms with Gasteiger partial charge in [0.15, 0.2) is 0 Å². The van der Waals surface area contributed by atoms with E-state index in [1.54, 1.807) is 12.3 Å². The van der Waals surface area contributed by atoms with Crippen LogP contribution in [0.2, 0.25) is 40.2 Å². The molecule has 130 heavy (non-hydrogen) atoms. The lowest BCUT2D eigenvalue weighted by molar-refractivity contribution is -0.132. The number of anilines is 4. The van der Waals surface area contributed by atoms with Crippen LogP contribution in [-0.4, -0.2) is 132 Å². The molecule has 18 rings (SSSR count). The summed E-state index contributed by atoms with van der Waals surface area (Å²) in [5.74, 6) is -0.349. The molecule has 15 nitrogen and oxygen atoms in total. The van der Waals surface area contributed by atoms with Crippen molar-refractivity contribution in [2.75, 3.05) is 98.1 Å². The predicted octanol–water partition coefficient (Wildman–Crippen LogP) is 24.6. The molecule has 0 spiro atoms. The molecule has 660 valence electrons. The molecule has 1 aromatic heterocycles. The largest absolute Gasteiger partial charge is 0.360 e. The second-order valence-corrected chi connectivity index (χ2v) is 36.3. The third kappa shape index (κ3) is 22.5. The summed E-state index contributed by atoms with van der Waals surface area (Å²) in [6.07, 6.45) is 4.14. The molecule has 24 heteroatoms. The highest BCUT2D eigenvalue weighted by Crippen LogP contribution is 2.43. The third-order valence-electron chi connectivity index (χ3n) is 24.3. The van der Waals surface area contributed by atoms with Crippen LogP contribution in [-0.2, 0) is 33.8 Å². The van der Waals surface area contributed by atoms with Gasteiger partial charge in [-0.1, -0.05) is 238 Å². The summed E-state index contributed by atoms with van der Waals surface area (Å²) in [6, 6.07) is 90.3. The van der Waals surface area contributed by atoms with Crippen LogP contribution in [0.15, 0.2) is 296 Å². The van der Waals surface area contributed by atoms with Gasteiger partial charge in [0.25, 0.3) is 11.8 Å². The summed E-state index contributed by atoms with van der Waals surface area (Å²) >= 11 is 51.0. The second kappa shape index (κ2) is 42.9. The Morgan fingerprint density at radius 1 is 0.377 bits per heavy atom. The Morgan fingerprint density at radius 2 is 0.731 bits per heavy atom. The summed E-state index contributed by atoms with van der Waals surface area (Å²) in [5.41, 5.74) is 20.1. The van der Waals surface area contributed by atoms with E-state index in [-0.39, 0.29) is 60.0 Å². The molecule has 0 aliphatic carbocycles. The van der Waals surface area contributed by atoms with Gasteiger partial charge in [0.2, 0.25) is 11.8 Å². The number of nitrogens with zero attached hydrogens (tertiary/aromatic N) is 11. The lowest BCUT2D eigenvalue weighted by atomic mass is 9.97. The van der Waals surface area contributed by atoms with Crippen molar-refractivity contribution >= 4 is 145 Å². The zero-order valence-electron chi connectivity index (χ0n) is 72.1. The maximum absolute atomic E-state index is 13.6. The SMILES string of the molecule is Cc1ccc(N2CCN(C(=O)C3=NCc4ccccc43)CC2c2ccc(Cl)cc2)c(Cl)c1.Cc1ccc(N2CCN(C(=O)Cc3ccccc3-c3cccnc3)CC2c2ccc(Cl)cc2)c(Cl)c1.Cc1ccc(N2CCN(C(=O)Cc3ccccc3C#N)CC2c2ccc(Cl)cc2)c(Cl)c1.Cc1ccc(N2CCN(C(=O)c3ccc(F)cc3)CC2c2ccc(Cl)cc2)c(Cl)c1. The molecule has 6 heterocycles. The molecule has 4 unspecified atom stereocenters. The third-order valence-corrected chi connectivity index (χ3v) is 26.5. The average Bonchev–Trinajstić information content (AvgIpc) is 1.68. The molecular formula is C106H94Cl8FN11O4. The van der Waals surface area contributed by atoms with Crippen LogP contribution in [0.1, 0.15) is 107 Å². The minimum absolute atomic E-state index is 0.0106. The molecule has 4 fully saturated rings. The number of carbonyl (C=O) groups is 4. The van der Waals surface area contributed by atoms with Crippen molar-refractivity contribution in [3.8, 4) is 17.2 Å². The van der Waals surface area contributed by atoms with Gasteiger partial charge >= 0.3 is 0 Å². The number of benzene rings is 12. The summed E-state index contributed by atoms with van der Waals surface area (Å²) < 4.78 is 13.3. The monoisotopic (exact) mass is 1880 g/mol. The van der Waals surface area contributed by atoms with Gasteiger partial charge in [-0.3, -0.25) is 29.2 Å². The van der Waals surface area contributed by atoms with E-state index in [1.807, 2.05) is 272 Å². The quantitative estimate of drug-likeness (QED) is 0.0973. The van der Waals surface area contributed by atoms with Gasteiger partial charge in [-0.25, -0.2) is 4.39 Å². The number of halogens is 9. The number of piperazine rings is 4. The molecule has 0 saturated carbocycles. The first kappa shape index (κ1) is 93.0. The lowest BCUT2D eigenvalue weighted by Gasteiger charge is -2.43. The molecule has 5 aliphatic rings. The number of pyridine rings is 1. The molecule has 4 saturated heterocycles. The molecule has 13 aromatic rings. The fraction of sp³-hybridized carbons (Fsp3) is 0.217. The Kier molecular flexibility index (Phi) is 30.7. The van der Waals surface area contributed by atoms with E-state index in [0.717, 1.165) is 111 Å². The maximum atomic E-state index is 13.6. The Balaban J connectivity index is 0.000000133. The number of amides is 4. The molecular weight excluding hydrogens is 1790 g/mol. The predicted molar refractivity (Wildman–Crippen MR) is 528 cm³/mol. The van der Waals surface area contributed by atoms with Crippen molar-refractivity contribution < 1.29 is 23.6 Å². The highest BCUT2D eigenvalue weighted by Gasteiger charge is 2.39. The normalized spacial score (nSPS) is 16.5. The van der Waals surface area contributed by atoms with Gasteiger partial charge in [-0.2, -0.15) is 5.26 Å². The topological polar surface area (TPSA) is 143 Å². The van der Waals surface area contributed by atoms with E-state index in [1.165, 1.54) is 24.3 Å². The summed E-state index contributed by atoms with van der Waals surface area (Å²) in [5, 5.41) is 14.9. The fourth-order valence-electron chi connectivity index (χ4n) is 17.4. The van der Waals surface area contributed by atoms with Gasteiger partial charge in [-0.15, -0.1) is 0 Å². The van der Waals surface area contributed by atoms with E-state index in [9.17, 15) is 28.8 Å². The number of carbonyl (C=O) groups excluding carboxylic acids is 4. The van der Waals surface area contributed by atoms with Gasteiger partial charge in [0.05, 0.1) is 98.0 Å². The van der Waals surface area contributed by atoms with Crippen LogP contribution in [0.25, 0.3) is 11.1 Å². The van der Waals surface area contributed by atoms with Crippen LogP contribution >= 0.6 is 92.8 Å². The number of aromatic nitrogens is 1. The Morgan fingerprint density at radius 3 is 1.12 bits per heavy atom. The first-order valence-electron chi connectivity index (χ1n) is 43.0.